The van der Waals surface area contributed by atoms with Crippen molar-refractivity contribution < 1.29 is 18.0 Å². The summed E-state index contributed by atoms with van der Waals surface area (Å²) in [6.07, 6.45) is -0.454. The van der Waals surface area contributed by atoms with E-state index in [4.69, 9.17) is 11.6 Å². The third-order valence-corrected chi connectivity index (χ3v) is 3.96. The van der Waals surface area contributed by atoms with Crippen LogP contribution in [0.1, 0.15) is 11.1 Å². The Balaban J connectivity index is 1.91. The van der Waals surface area contributed by atoms with Gasteiger partial charge in [0.1, 0.15) is 0 Å². The Labute approximate surface area is 148 Å². The van der Waals surface area contributed by atoms with Crippen LogP contribution in [0, 0.1) is 0 Å². The van der Waals surface area contributed by atoms with Gasteiger partial charge in [0, 0.05) is 26.0 Å². The molecule has 8 heteroatoms. The van der Waals surface area contributed by atoms with Crippen LogP contribution < -0.4 is 5.32 Å². The normalized spacial score (nSPS) is 11.2. The van der Waals surface area contributed by atoms with Crippen molar-refractivity contribution in [3.63, 3.8) is 0 Å². The van der Waals surface area contributed by atoms with Crippen molar-refractivity contribution in [3.05, 3.63) is 58.9 Å². The van der Waals surface area contributed by atoms with Crippen LogP contribution in [0.5, 0.6) is 0 Å². The molecule has 1 aromatic carbocycles. The van der Waals surface area contributed by atoms with E-state index in [2.05, 4.69) is 10.3 Å². The van der Waals surface area contributed by atoms with Crippen molar-refractivity contribution in [2.45, 2.75) is 12.6 Å². The lowest BCUT2D eigenvalue weighted by atomic mass is 10.2. The lowest BCUT2D eigenvalue weighted by molar-refractivity contribution is -0.137. The fraction of sp³-hybridized carbons (Fsp3) is 0.294. The number of aromatic nitrogens is 1. The molecule has 4 nitrogen and oxygen atoms in total. The van der Waals surface area contributed by atoms with Gasteiger partial charge in [0.15, 0.2) is 0 Å². The third-order valence-electron chi connectivity index (χ3n) is 3.63. The lowest BCUT2D eigenvalue weighted by Gasteiger charge is -2.18. The van der Waals surface area contributed by atoms with Crippen molar-refractivity contribution in [2.24, 2.45) is 0 Å². The highest BCUT2D eigenvalue weighted by Gasteiger charge is 2.31. The van der Waals surface area contributed by atoms with E-state index in [0.29, 0.717) is 13.0 Å². The number of nitrogens with zero attached hydrogens (tertiary/aromatic N) is 2. The molecule has 0 radical (unpaired) electrons. The number of benzene rings is 1. The SMILES string of the molecule is CN(CCc1ccncc1)C(=O)CNc1cc(C(F)(F)F)ccc1Cl. The van der Waals surface area contributed by atoms with E-state index in [1.165, 1.54) is 4.90 Å². The summed E-state index contributed by atoms with van der Waals surface area (Å²) in [5, 5.41) is 2.80. The zero-order valence-corrected chi connectivity index (χ0v) is 14.2. The third kappa shape index (κ3) is 5.63. The molecule has 0 aliphatic carbocycles. The van der Waals surface area contributed by atoms with E-state index in [0.717, 1.165) is 23.8 Å². The van der Waals surface area contributed by atoms with Crippen molar-refractivity contribution in [1.82, 2.24) is 9.88 Å². The average Bonchev–Trinajstić information content (AvgIpc) is 2.58. The number of pyridine rings is 1. The molecule has 1 heterocycles. The van der Waals surface area contributed by atoms with Gasteiger partial charge in [0.25, 0.3) is 0 Å². The monoisotopic (exact) mass is 371 g/mol. The minimum atomic E-state index is -4.47. The number of nitrogens with one attached hydrogen (secondary N) is 1. The number of hydrogen-bond acceptors (Lipinski definition) is 3. The Morgan fingerprint density at radius 2 is 1.92 bits per heavy atom. The predicted molar refractivity (Wildman–Crippen MR) is 90.5 cm³/mol. The van der Waals surface area contributed by atoms with E-state index in [1.807, 2.05) is 12.1 Å². The molecule has 0 spiro atoms. The van der Waals surface area contributed by atoms with Gasteiger partial charge < -0.3 is 10.2 Å². The van der Waals surface area contributed by atoms with Gasteiger partial charge in [-0.25, -0.2) is 0 Å². The van der Waals surface area contributed by atoms with E-state index in [-0.39, 0.29) is 23.2 Å². The summed E-state index contributed by atoms with van der Waals surface area (Å²) in [6, 6.07) is 6.67. The van der Waals surface area contributed by atoms with Gasteiger partial charge in [-0.2, -0.15) is 13.2 Å². The second-order valence-corrected chi connectivity index (χ2v) is 5.87. The summed E-state index contributed by atoms with van der Waals surface area (Å²) in [5.74, 6) is -0.248. The van der Waals surface area contributed by atoms with Crippen LogP contribution in [0.3, 0.4) is 0 Å². The zero-order chi connectivity index (χ0) is 18.4. The highest BCUT2D eigenvalue weighted by atomic mass is 35.5. The Kier molecular flexibility index (Phi) is 6.25. The largest absolute Gasteiger partial charge is 0.416 e. The quantitative estimate of drug-likeness (QED) is 0.838. The molecule has 1 amide bonds. The van der Waals surface area contributed by atoms with Crippen LogP contribution in [-0.4, -0.2) is 35.9 Å². The summed E-state index contributed by atoms with van der Waals surface area (Å²) in [7, 11) is 1.64. The highest BCUT2D eigenvalue weighted by molar-refractivity contribution is 6.33. The van der Waals surface area contributed by atoms with Crippen LogP contribution in [0.25, 0.3) is 0 Å². The molecule has 2 aromatic rings. The molecular formula is C17H17ClF3N3O. The minimum Gasteiger partial charge on any atom is -0.375 e. The Bertz CT molecular complexity index is 723. The van der Waals surface area contributed by atoms with Crippen LogP contribution >= 0.6 is 11.6 Å². The van der Waals surface area contributed by atoms with Gasteiger partial charge >= 0.3 is 6.18 Å². The number of carbonyl (C=O) groups is 1. The second-order valence-electron chi connectivity index (χ2n) is 5.47. The van der Waals surface area contributed by atoms with Gasteiger partial charge in [-0.15, -0.1) is 0 Å². The van der Waals surface area contributed by atoms with Crippen molar-refractivity contribution in [2.75, 3.05) is 25.5 Å². The molecule has 0 bridgehead atoms. The summed E-state index contributed by atoms with van der Waals surface area (Å²) in [4.78, 5) is 17.5. The number of carbonyl (C=O) groups excluding carboxylic acids is 1. The molecule has 2 rings (SSSR count). The van der Waals surface area contributed by atoms with Gasteiger partial charge in [-0.3, -0.25) is 9.78 Å². The molecule has 0 atom stereocenters. The molecule has 0 fully saturated rings. The predicted octanol–water partition coefficient (Wildman–Crippen LogP) is 3.87. The van der Waals surface area contributed by atoms with E-state index in [9.17, 15) is 18.0 Å². The van der Waals surface area contributed by atoms with Crippen LogP contribution in [-0.2, 0) is 17.4 Å². The van der Waals surface area contributed by atoms with Gasteiger partial charge in [-0.1, -0.05) is 11.6 Å². The number of amides is 1. The summed E-state index contributed by atoms with van der Waals surface area (Å²) >= 11 is 5.89. The standard InChI is InChI=1S/C17H17ClF3N3O/c1-24(9-6-12-4-7-22-8-5-12)16(25)11-23-15-10-13(17(19,20)21)2-3-14(15)18/h2-5,7-8,10,23H,6,9,11H2,1H3. The molecule has 0 aliphatic rings. The Morgan fingerprint density at radius 3 is 2.56 bits per heavy atom. The summed E-state index contributed by atoms with van der Waals surface area (Å²) in [6.45, 7) is 0.342. The minimum absolute atomic E-state index is 0.0763. The average molecular weight is 372 g/mol. The number of hydrogen-bond donors (Lipinski definition) is 1. The smallest absolute Gasteiger partial charge is 0.375 e. The number of alkyl halides is 3. The van der Waals surface area contributed by atoms with Gasteiger partial charge in [0.05, 0.1) is 22.8 Å². The topological polar surface area (TPSA) is 45.2 Å². The lowest BCUT2D eigenvalue weighted by Crippen LogP contribution is -2.33. The maximum atomic E-state index is 12.7. The van der Waals surface area contributed by atoms with Crippen molar-refractivity contribution in [3.8, 4) is 0 Å². The fourth-order valence-electron chi connectivity index (χ4n) is 2.11. The number of halogens is 4. The first-order valence-electron chi connectivity index (χ1n) is 7.51. The van der Waals surface area contributed by atoms with Crippen molar-refractivity contribution >= 4 is 23.2 Å². The molecule has 25 heavy (non-hydrogen) atoms. The molecule has 1 aromatic heterocycles. The van der Waals surface area contributed by atoms with E-state index < -0.39 is 11.7 Å². The number of likely N-dealkylation sites (N-methyl/N-ethyl adjacent to an activating group) is 1. The summed E-state index contributed by atoms with van der Waals surface area (Å²) < 4.78 is 38.2. The molecular weight excluding hydrogens is 355 g/mol. The first-order valence-corrected chi connectivity index (χ1v) is 7.88. The van der Waals surface area contributed by atoms with Gasteiger partial charge in [-0.05, 0) is 42.3 Å². The highest BCUT2D eigenvalue weighted by Crippen LogP contribution is 2.33. The van der Waals surface area contributed by atoms with Crippen LogP contribution in [0.4, 0.5) is 18.9 Å². The first kappa shape index (κ1) is 19.1. The number of anilines is 1. The molecule has 134 valence electrons. The molecule has 1 N–H and O–H groups in total. The fourth-order valence-corrected chi connectivity index (χ4v) is 2.30. The second kappa shape index (κ2) is 8.20. The van der Waals surface area contributed by atoms with Crippen LogP contribution in [0.15, 0.2) is 42.7 Å². The molecule has 0 unspecified atom stereocenters. The van der Waals surface area contributed by atoms with E-state index >= 15 is 0 Å². The zero-order valence-electron chi connectivity index (χ0n) is 13.5. The Hall–Kier alpha value is -2.28. The van der Waals surface area contributed by atoms with Crippen LogP contribution in [0.2, 0.25) is 5.02 Å². The Morgan fingerprint density at radius 1 is 1.24 bits per heavy atom. The summed E-state index contributed by atoms with van der Waals surface area (Å²) in [5.41, 5.74) is 0.300. The molecule has 0 saturated heterocycles. The first-order chi connectivity index (χ1) is 11.8. The molecule has 0 saturated carbocycles. The van der Waals surface area contributed by atoms with E-state index in [1.54, 1.807) is 19.4 Å². The van der Waals surface area contributed by atoms with Crippen molar-refractivity contribution in [1.29, 1.82) is 0 Å². The maximum Gasteiger partial charge on any atom is 0.416 e. The maximum absolute atomic E-state index is 12.7. The molecule has 0 aliphatic heterocycles. The van der Waals surface area contributed by atoms with Gasteiger partial charge in [0.2, 0.25) is 5.91 Å². The number of rotatable bonds is 6.